The van der Waals surface area contributed by atoms with E-state index in [1.54, 1.807) is 18.2 Å². The Morgan fingerprint density at radius 2 is 1.84 bits per heavy atom. The summed E-state index contributed by atoms with van der Waals surface area (Å²) in [4.78, 5) is 25.5. The zero-order chi connectivity index (χ0) is 17.6. The molecule has 0 radical (unpaired) electrons. The molecule has 1 aromatic rings. The number of benzene rings is 1. The summed E-state index contributed by atoms with van der Waals surface area (Å²) in [7, 11) is 0. The molecule has 0 N–H and O–H groups in total. The number of halogens is 1. The van der Waals surface area contributed by atoms with E-state index in [0.717, 1.165) is 17.9 Å². The van der Waals surface area contributed by atoms with Crippen LogP contribution in [0.25, 0.3) is 0 Å². The van der Waals surface area contributed by atoms with Gasteiger partial charge in [-0.1, -0.05) is 23.8 Å². The number of amides is 2. The van der Waals surface area contributed by atoms with Gasteiger partial charge in [-0.05, 0) is 49.8 Å². The molecule has 6 heteroatoms. The van der Waals surface area contributed by atoms with Crippen LogP contribution >= 0.6 is 11.6 Å². The quantitative estimate of drug-likeness (QED) is 0.471. The topological polar surface area (TPSA) is 59.0 Å². The lowest BCUT2D eigenvalue weighted by Gasteiger charge is -2.37. The minimum atomic E-state index is -0.251. The van der Waals surface area contributed by atoms with E-state index in [1.165, 1.54) is 6.21 Å². The first-order chi connectivity index (χ1) is 12.1. The fraction of sp³-hybridized carbons (Fsp3) is 0.421. The molecule has 0 unspecified atom stereocenters. The molecule has 0 aromatic heterocycles. The Bertz CT molecular complexity index is 757. The number of fused-ring (bicyclic) bond motifs is 1. The molecule has 5 nitrogen and oxygen atoms in total. The molecule has 4 aliphatic rings. The lowest BCUT2D eigenvalue weighted by atomic mass is 9.63. The first-order valence-electron chi connectivity index (χ1n) is 8.62. The zero-order valence-electron chi connectivity index (χ0n) is 13.9. The van der Waals surface area contributed by atoms with Crippen LogP contribution in [0.2, 0.25) is 5.02 Å². The van der Waals surface area contributed by atoms with E-state index in [9.17, 15) is 9.59 Å². The highest BCUT2D eigenvalue weighted by Crippen LogP contribution is 2.49. The van der Waals surface area contributed by atoms with Crippen LogP contribution in [0, 0.1) is 23.7 Å². The second-order valence-corrected chi connectivity index (χ2v) is 7.13. The molecule has 1 aromatic carbocycles. The molecule has 25 heavy (non-hydrogen) atoms. The van der Waals surface area contributed by atoms with Gasteiger partial charge in [0.15, 0.2) is 0 Å². The fourth-order valence-electron chi connectivity index (χ4n) is 4.20. The number of nitrogens with zero attached hydrogens (tertiary/aromatic N) is 2. The maximum Gasteiger partial charge on any atom is 0.254 e. The van der Waals surface area contributed by atoms with Crippen molar-refractivity contribution in [3.05, 3.63) is 40.9 Å². The average molecular weight is 359 g/mol. The molecule has 4 atom stereocenters. The van der Waals surface area contributed by atoms with E-state index in [4.69, 9.17) is 16.3 Å². The number of hydrazone groups is 1. The Balaban J connectivity index is 1.62. The standard InChI is InChI=1S/C19H19ClN2O3/c1-2-25-15-8-7-14(20)9-13(15)10-21-22-18(23)16-11-3-4-12(6-5-11)17(16)19(22)24/h3-4,7-12,16-17H,2,5-6H2,1H3/b21-10-/t11-,12-,16-,17+/m0/s1. The largest absolute Gasteiger partial charge is 0.493 e. The molecule has 0 spiro atoms. The maximum atomic E-state index is 12.7. The highest BCUT2D eigenvalue weighted by molar-refractivity contribution is 6.30. The molecule has 2 bridgehead atoms. The molecule has 5 rings (SSSR count). The second-order valence-electron chi connectivity index (χ2n) is 6.69. The van der Waals surface area contributed by atoms with Gasteiger partial charge in [-0.3, -0.25) is 9.59 Å². The van der Waals surface area contributed by atoms with Gasteiger partial charge in [0.25, 0.3) is 11.8 Å². The number of hydrogen-bond acceptors (Lipinski definition) is 4. The SMILES string of the molecule is CCOc1ccc(Cl)cc1/C=N\N1C(=O)[C@@H]2[C@H](C1=O)[C@H]1C=C[C@H]2CC1. The monoisotopic (exact) mass is 358 g/mol. The summed E-state index contributed by atoms with van der Waals surface area (Å²) in [6.45, 7) is 2.39. The Morgan fingerprint density at radius 3 is 2.40 bits per heavy atom. The lowest BCUT2D eigenvalue weighted by Crippen LogP contribution is -2.38. The van der Waals surface area contributed by atoms with E-state index >= 15 is 0 Å². The van der Waals surface area contributed by atoms with E-state index < -0.39 is 0 Å². The molecule has 2 amide bonds. The van der Waals surface area contributed by atoms with Gasteiger partial charge in [0.05, 0.1) is 24.7 Å². The van der Waals surface area contributed by atoms with Crippen LogP contribution in [0.3, 0.4) is 0 Å². The smallest absolute Gasteiger partial charge is 0.254 e. The highest BCUT2D eigenvalue weighted by atomic mass is 35.5. The second kappa shape index (κ2) is 6.30. The molecule has 130 valence electrons. The van der Waals surface area contributed by atoms with Gasteiger partial charge in [-0.25, -0.2) is 0 Å². The molecule has 1 saturated carbocycles. The van der Waals surface area contributed by atoms with Gasteiger partial charge in [-0.2, -0.15) is 10.1 Å². The van der Waals surface area contributed by atoms with Crippen molar-refractivity contribution in [1.82, 2.24) is 5.01 Å². The minimum Gasteiger partial charge on any atom is -0.493 e. The summed E-state index contributed by atoms with van der Waals surface area (Å²) in [5.41, 5.74) is 0.644. The molecule has 1 saturated heterocycles. The van der Waals surface area contributed by atoms with E-state index in [-0.39, 0.29) is 35.5 Å². The summed E-state index contributed by atoms with van der Waals surface area (Å²) >= 11 is 6.04. The number of hydrogen-bond donors (Lipinski definition) is 0. The zero-order valence-corrected chi connectivity index (χ0v) is 14.6. The first kappa shape index (κ1) is 16.3. The van der Waals surface area contributed by atoms with Crippen molar-refractivity contribution in [1.29, 1.82) is 0 Å². The van der Waals surface area contributed by atoms with Crippen molar-refractivity contribution in [2.45, 2.75) is 19.8 Å². The molecule has 1 aliphatic heterocycles. The molecule has 3 aliphatic carbocycles. The number of allylic oxidation sites excluding steroid dienone is 2. The lowest BCUT2D eigenvalue weighted by molar-refractivity contribution is -0.140. The van der Waals surface area contributed by atoms with Crippen molar-refractivity contribution in [2.75, 3.05) is 6.61 Å². The maximum absolute atomic E-state index is 12.7. The van der Waals surface area contributed by atoms with Gasteiger partial charge in [-0.15, -0.1) is 0 Å². The number of ether oxygens (including phenoxy) is 1. The van der Waals surface area contributed by atoms with Crippen molar-refractivity contribution >= 4 is 29.6 Å². The van der Waals surface area contributed by atoms with Crippen LogP contribution in [-0.4, -0.2) is 29.6 Å². The van der Waals surface area contributed by atoms with Crippen molar-refractivity contribution in [3.8, 4) is 5.75 Å². The van der Waals surface area contributed by atoms with Crippen LogP contribution in [0.4, 0.5) is 0 Å². The van der Waals surface area contributed by atoms with E-state index in [0.29, 0.717) is 22.9 Å². The third-order valence-corrected chi connectivity index (χ3v) is 5.56. The van der Waals surface area contributed by atoms with Crippen LogP contribution < -0.4 is 4.74 Å². The molecular formula is C19H19ClN2O3. The van der Waals surface area contributed by atoms with E-state index in [2.05, 4.69) is 17.3 Å². The van der Waals surface area contributed by atoms with Crippen molar-refractivity contribution < 1.29 is 14.3 Å². The number of carbonyl (C=O) groups excluding carboxylic acids is 2. The number of imide groups is 1. The average Bonchev–Trinajstić information content (AvgIpc) is 2.89. The van der Waals surface area contributed by atoms with Gasteiger partial charge in [0, 0.05) is 10.6 Å². The summed E-state index contributed by atoms with van der Waals surface area (Å²) in [6.07, 6.45) is 7.62. The predicted octanol–water partition coefficient (Wildman–Crippen LogP) is 3.27. The van der Waals surface area contributed by atoms with Crippen LogP contribution in [0.1, 0.15) is 25.3 Å². The minimum absolute atomic E-state index is 0.164. The Hall–Kier alpha value is -2.14. The normalized spacial score (nSPS) is 30.4. The van der Waals surface area contributed by atoms with Crippen molar-refractivity contribution in [3.63, 3.8) is 0 Å². The number of carbonyl (C=O) groups is 2. The van der Waals surface area contributed by atoms with Crippen LogP contribution in [-0.2, 0) is 9.59 Å². The third-order valence-electron chi connectivity index (χ3n) is 5.32. The van der Waals surface area contributed by atoms with E-state index in [1.807, 2.05) is 6.92 Å². The number of rotatable bonds is 4. The summed E-state index contributed by atoms with van der Waals surface area (Å²) in [5, 5.41) is 5.79. The first-order valence-corrected chi connectivity index (χ1v) is 9.00. The van der Waals surface area contributed by atoms with Gasteiger partial charge in [0.2, 0.25) is 0 Å². The van der Waals surface area contributed by atoms with Crippen LogP contribution in [0.15, 0.2) is 35.5 Å². The Labute approximate surface area is 151 Å². The Kier molecular flexibility index (Phi) is 4.12. The summed E-state index contributed by atoms with van der Waals surface area (Å²) in [5.74, 6) is 0.0660. The van der Waals surface area contributed by atoms with Gasteiger partial charge >= 0.3 is 0 Å². The summed E-state index contributed by atoms with van der Waals surface area (Å²) < 4.78 is 5.55. The van der Waals surface area contributed by atoms with Crippen LogP contribution in [0.5, 0.6) is 5.75 Å². The molecule has 1 heterocycles. The van der Waals surface area contributed by atoms with Gasteiger partial charge in [0.1, 0.15) is 5.75 Å². The Morgan fingerprint density at radius 1 is 1.20 bits per heavy atom. The highest BCUT2D eigenvalue weighted by Gasteiger charge is 2.56. The van der Waals surface area contributed by atoms with Crippen molar-refractivity contribution in [2.24, 2.45) is 28.8 Å². The predicted molar refractivity (Wildman–Crippen MR) is 94.4 cm³/mol. The molecule has 2 fully saturated rings. The fourth-order valence-corrected chi connectivity index (χ4v) is 4.38. The van der Waals surface area contributed by atoms with Gasteiger partial charge < -0.3 is 4.74 Å². The molecular weight excluding hydrogens is 340 g/mol. The summed E-state index contributed by atoms with van der Waals surface area (Å²) in [6, 6.07) is 5.19. The third kappa shape index (κ3) is 2.67.